The summed E-state index contributed by atoms with van der Waals surface area (Å²) < 4.78 is 22.0. The van der Waals surface area contributed by atoms with Gasteiger partial charge in [-0.3, -0.25) is 9.69 Å². The number of nitrogens with zero attached hydrogens (tertiary/aromatic N) is 1. The first-order valence-electron chi connectivity index (χ1n) is 6.54. The fourth-order valence-corrected chi connectivity index (χ4v) is 3.90. The molecule has 0 amide bonds. The lowest BCUT2D eigenvalue weighted by molar-refractivity contribution is -0.141. The molecule has 110 valence electrons. The molecule has 0 aliphatic carbocycles. The van der Waals surface area contributed by atoms with Crippen molar-refractivity contribution in [2.75, 3.05) is 19.3 Å². The van der Waals surface area contributed by atoms with Gasteiger partial charge >= 0.3 is 5.97 Å². The minimum absolute atomic E-state index is 0.147. The van der Waals surface area contributed by atoms with Crippen molar-refractivity contribution in [1.29, 1.82) is 0 Å². The van der Waals surface area contributed by atoms with Crippen LogP contribution in [0.5, 0.6) is 0 Å². The van der Waals surface area contributed by atoms with E-state index in [-0.39, 0.29) is 12.8 Å². The third-order valence-corrected chi connectivity index (χ3v) is 6.01. The second-order valence-electron chi connectivity index (χ2n) is 5.33. The fraction of sp³-hybridized carbons (Fsp3) is 0.500. The molecule has 1 aromatic carbocycles. The third kappa shape index (κ3) is 2.86. The zero-order valence-electron chi connectivity index (χ0n) is 11.4. The molecule has 1 saturated heterocycles. The first-order valence-corrected chi connectivity index (χ1v) is 8.43. The van der Waals surface area contributed by atoms with Gasteiger partial charge in [0.1, 0.15) is 0 Å². The van der Waals surface area contributed by atoms with Gasteiger partial charge in [-0.1, -0.05) is 30.3 Å². The van der Waals surface area contributed by atoms with Crippen LogP contribution in [0.3, 0.4) is 0 Å². The predicted octanol–water partition coefficient (Wildman–Crippen LogP) is 1.15. The molecular formula is C14H19NO4S. The van der Waals surface area contributed by atoms with Gasteiger partial charge in [-0.2, -0.15) is 0 Å². The summed E-state index contributed by atoms with van der Waals surface area (Å²) in [4.78, 5) is 13.5. The highest BCUT2D eigenvalue weighted by molar-refractivity contribution is 7.92. The van der Waals surface area contributed by atoms with Gasteiger partial charge in [0.2, 0.25) is 0 Å². The number of piperidine rings is 1. The summed E-state index contributed by atoms with van der Waals surface area (Å²) >= 11 is 0. The van der Waals surface area contributed by atoms with E-state index in [1.807, 2.05) is 30.3 Å². The van der Waals surface area contributed by atoms with E-state index in [0.717, 1.165) is 18.4 Å². The zero-order chi connectivity index (χ0) is 14.8. The number of rotatable bonds is 4. The maximum absolute atomic E-state index is 11.8. The summed E-state index contributed by atoms with van der Waals surface area (Å²) in [5.41, 5.74) is 1.15. The Hall–Kier alpha value is -1.40. The number of aliphatic carboxylic acids is 1. The molecule has 0 radical (unpaired) electrons. The van der Waals surface area contributed by atoms with E-state index in [1.54, 1.807) is 0 Å². The largest absolute Gasteiger partial charge is 0.480 e. The average molecular weight is 297 g/mol. The summed E-state index contributed by atoms with van der Waals surface area (Å²) in [6, 6.07) is 9.87. The number of hydrogen-bond acceptors (Lipinski definition) is 4. The Bertz CT molecular complexity index is 574. The van der Waals surface area contributed by atoms with Crippen LogP contribution in [0.25, 0.3) is 0 Å². The van der Waals surface area contributed by atoms with Crippen molar-refractivity contribution < 1.29 is 18.3 Å². The summed E-state index contributed by atoms with van der Waals surface area (Å²) in [6.07, 6.45) is 1.32. The average Bonchev–Trinajstić information content (AvgIpc) is 2.39. The molecule has 0 unspecified atom stereocenters. The normalized spacial score (nSPS) is 19.6. The van der Waals surface area contributed by atoms with E-state index >= 15 is 0 Å². The smallest absolute Gasteiger partial charge is 0.325 e. The summed E-state index contributed by atoms with van der Waals surface area (Å²) in [6.45, 7) is 1.68. The molecule has 1 aliphatic heterocycles. The van der Waals surface area contributed by atoms with Crippen LogP contribution in [0, 0.1) is 0 Å². The Morgan fingerprint density at radius 2 is 1.80 bits per heavy atom. The Kier molecular flexibility index (Phi) is 4.15. The Labute approximate surface area is 119 Å². The Morgan fingerprint density at radius 3 is 2.25 bits per heavy atom. The highest BCUT2D eigenvalue weighted by Gasteiger charge is 2.50. The van der Waals surface area contributed by atoms with Crippen LogP contribution in [-0.2, 0) is 21.2 Å². The van der Waals surface area contributed by atoms with E-state index < -0.39 is 20.6 Å². The highest BCUT2D eigenvalue weighted by Crippen LogP contribution is 2.31. The number of likely N-dealkylation sites (tertiary alicyclic amines) is 1. The van der Waals surface area contributed by atoms with Crippen molar-refractivity contribution in [2.24, 2.45) is 0 Å². The number of carboxylic acid groups (broad SMARTS) is 1. The van der Waals surface area contributed by atoms with Gasteiger partial charge in [-0.25, -0.2) is 8.42 Å². The van der Waals surface area contributed by atoms with Gasteiger partial charge in [0.05, 0.1) is 0 Å². The van der Waals surface area contributed by atoms with Crippen LogP contribution in [-0.4, -0.2) is 48.5 Å². The van der Waals surface area contributed by atoms with Crippen LogP contribution in [0.2, 0.25) is 0 Å². The van der Waals surface area contributed by atoms with Gasteiger partial charge in [-0.15, -0.1) is 0 Å². The first kappa shape index (κ1) is 15.0. The summed E-state index contributed by atoms with van der Waals surface area (Å²) in [5.74, 6) is -1.22. The standard InChI is InChI=1S/C14H19NO4S/c1-20(18,19)14(13(16)17)7-9-15(10-8-14)11-12-5-3-2-4-6-12/h2-6H,7-11H2,1H3,(H,16,17). The van der Waals surface area contributed by atoms with Crippen molar-refractivity contribution in [3.05, 3.63) is 35.9 Å². The SMILES string of the molecule is CS(=O)(=O)C1(C(=O)O)CCN(Cc2ccccc2)CC1. The summed E-state index contributed by atoms with van der Waals surface area (Å²) in [5, 5.41) is 9.30. The van der Waals surface area contributed by atoms with E-state index in [1.165, 1.54) is 0 Å². The zero-order valence-corrected chi connectivity index (χ0v) is 12.3. The predicted molar refractivity (Wildman–Crippen MR) is 76.2 cm³/mol. The highest BCUT2D eigenvalue weighted by atomic mass is 32.2. The monoisotopic (exact) mass is 297 g/mol. The number of sulfone groups is 1. The molecule has 1 N–H and O–H groups in total. The lowest BCUT2D eigenvalue weighted by atomic mass is 9.95. The lowest BCUT2D eigenvalue weighted by Gasteiger charge is -2.37. The van der Waals surface area contributed by atoms with Gasteiger partial charge in [0.15, 0.2) is 14.6 Å². The number of benzene rings is 1. The Morgan fingerprint density at radius 1 is 1.25 bits per heavy atom. The molecule has 1 heterocycles. The fourth-order valence-electron chi connectivity index (χ4n) is 2.66. The molecule has 1 aromatic rings. The van der Waals surface area contributed by atoms with Crippen LogP contribution in [0.1, 0.15) is 18.4 Å². The van der Waals surface area contributed by atoms with Gasteiger partial charge in [0, 0.05) is 25.9 Å². The third-order valence-electron chi connectivity index (χ3n) is 4.01. The molecule has 20 heavy (non-hydrogen) atoms. The topological polar surface area (TPSA) is 74.7 Å². The second-order valence-corrected chi connectivity index (χ2v) is 7.66. The molecule has 0 saturated carbocycles. The van der Waals surface area contributed by atoms with E-state index in [4.69, 9.17) is 0 Å². The Balaban J connectivity index is 2.06. The second kappa shape index (κ2) is 5.54. The van der Waals surface area contributed by atoms with Crippen LogP contribution < -0.4 is 0 Å². The van der Waals surface area contributed by atoms with Crippen molar-refractivity contribution in [2.45, 2.75) is 24.1 Å². The minimum atomic E-state index is -3.61. The summed E-state index contributed by atoms with van der Waals surface area (Å²) in [7, 11) is -3.61. The van der Waals surface area contributed by atoms with Crippen LogP contribution in [0.15, 0.2) is 30.3 Å². The molecule has 1 aliphatic rings. The number of hydrogen-bond donors (Lipinski definition) is 1. The van der Waals surface area contributed by atoms with Crippen molar-refractivity contribution in [3.63, 3.8) is 0 Å². The lowest BCUT2D eigenvalue weighted by Crippen LogP contribution is -2.53. The number of carboxylic acids is 1. The molecule has 0 spiro atoms. The van der Waals surface area contributed by atoms with Crippen LogP contribution in [0.4, 0.5) is 0 Å². The van der Waals surface area contributed by atoms with Crippen molar-refractivity contribution >= 4 is 15.8 Å². The molecule has 2 rings (SSSR count). The molecular weight excluding hydrogens is 278 g/mol. The first-order chi connectivity index (χ1) is 9.35. The molecule has 5 nitrogen and oxygen atoms in total. The van der Waals surface area contributed by atoms with Gasteiger partial charge < -0.3 is 5.11 Å². The molecule has 6 heteroatoms. The quantitative estimate of drug-likeness (QED) is 0.902. The van der Waals surface area contributed by atoms with Gasteiger partial charge in [-0.05, 0) is 18.4 Å². The minimum Gasteiger partial charge on any atom is -0.480 e. The maximum atomic E-state index is 11.8. The molecule has 0 aromatic heterocycles. The number of carbonyl (C=O) groups is 1. The van der Waals surface area contributed by atoms with Crippen molar-refractivity contribution in [1.82, 2.24) is 4.90 Å². The van der Waals surface area contributed by atoms with E-state index in [9.17, 15) is 18.3 Å². The maximum Gasteiger partial charge on any atom is 0.325 e. The van der Waals surface area contributed by atoms with Crippen molar-refractivity contribution in [3.8, 4) is 0 Å². The van der Waals surface area contributed by atoms with E-state index in [0.29, 0.717) is 13.1 Å². The van der Waals surface area contributed by atoms with Gasteiger partial charge in [0.25, 0.3) is 0 Å². The van der Waals surface area contributed by atoms with Crippen LogP contribution >= 0.6 is 0 Å². The van der Waals surface area contributed by atoms with E-state index in [2.05, 4.69) is 4.90 Å². The molecule has 0 atom stereocenters. The molecule has 1 fully saturated rings. The molecule has 0 bridgehead atoms.